The summed E-state index contributed by atoms with van der Waals surface area (Å²) in [5, 5.41) is -0.246. The molecule has 0 fully saturated rings. The van der Waals surface area contributed by atoms with Gasteiger partial charge in [-0.1, -0.05) is 104 Å². The first-order valence-corrected chi connectivity index (χ1v) is 25.7. The van der Waals surface area contributed by atoms with Gasteiger partial charge in [-0.3, -0.25) is 0 Å². The van der Waals surface area contributed by atoms with Gasteiger partial charge in [0.1, 0.15) is 278 Å². The molecule has 332 valence electrons. The van der Waals surface area contributed by atoms with Gasteiger partial charge < -0.3 is 9.32 Å². The lowest BCUT2D eigenvalue weighted by Gasteiger charge is -2.39. The third-order valence-corrected chi connectivity index (χ3v) is 16.1. The van der Waals surface area contributed by atoms with Crippen molar-refractivity contribution in [3.8, 4) is 56.4 Å². The second-order valence-corrected chi connectivity index (χ2v) is 20.9. The predicted molar refractivity (Wildman–Crippen MR) is 412 cm³/mol. The predicted octanol–water partition coefficient (Wildman–Crippen LogP) is -27.4. The molecule has 0 amide bonds. The number of benzene rings is 8. The average molecular weight is 1050 g/mol. The highest BCUT2D eigenvalue weighted by molar-refractivity contribution is 6.76. The van der Waals surface area contributed by atoms with Crippen LogP contribution in [-0.4, -0.2) is 282 Å². The molecule has 0 aliphatic heterocycles. The molecular formula is C51B34N4O. The number of fused-ring (bicyclic) bond motifs is 3. The standard InChI is InChI=1S/C51B34N4O/c52-10-2(11(53)25(67)33(75)24(10)66)4-14(56)38(80)45(39(81)15(4)57)89(46-40(82)16(58)5(17(59)41(46)83)3-12(54)26(68)34(76)27(69)13(3)55)44-23(65)7(1-6-18(60)28(70)37(79)42(84)48(6)90-47(1)43(44)85)49-86-50(8-19(61)29(71)35(77)30(72)20(8)62)88-51(87-49)9-21(63)31(73)36(78)32(74)22(9)64. The van der Waals surface area contributed by atoms with Gasteiger partial charge in [0.15, 0.2) is 17.5 Å². The molecule has 0 spiro atoms. The highest BCUT2D eigenvalue weighted by atomic mass is 16.3. The van der Waals surface area contributed by atoms with Gasteiger partial charge in [-0.25, -0.2) is 15.0 Å². The number of hydrogen-bond donors (Lipinski definition) is 0. The smallest absolute Gasteiger partial charge is 0.164 e. The van der Waals surface area contributed by atoms with Crippen LogP contribution in [0.25, 0.3) is 78.4 Å². The Morgan fingerprint density at radius 1 is 0.167 bits per heavy atom. The molecule has 0 saturated carbocycles. The van der Waals surface area contributed by atoms with Crippen LogP contribution >= 0.6 is 0 Å². The first-order chi connectivity index (χ1) is 41.9. The fourth-order valence-electron chi connectivity index (χ4n) is 10.9. The van der Waals surface area contributed by atoms with Crippen LogP contribution in [0.4, 0.5) is 17.1 Å². The molecule has 2 aromatic heterocycles. The second kappa shape index (κ2) is 23.9. The summed E-state index contributed by atoms with van der Waals surface area (Å²) in [6.45, 7) is 0. The Kier molecular flexibility index (Phi) is 17.9. The molecule has 2 heterocycles. The normalized spacial score (nSPS) is 11.5. The Balaban J connectivity index is 1.48. The largest absolute Gasteiger partial charge is 0.457 e. The number of rotatable bonds is 8. The van der Waals surface area contributed by atoms with Crippen LogP contribution in [0.2, 0.25) is 0 Å². The summed E-state index contributed by atoms with van der Waals surface area (Å²) in [6.07, 6.45) is 0. The molecular weight excluding hydrogens is 1050 g/mol. The molecule has 0 aliphatic carbocycles. The molecule has 39 heteroatoms. The Labute approximate surface area is 568 Å². The lowest BCUT2D eigenvalue weighted by molar-refractivity contribution is 0.674. The first kappa shape index (κ1) is 67.5. The van der Waals surface area contributed by atoms with E-state index in [9.17, 15) is 0 Å². The summed E-state index contributed by atoms with van der Waals surface area (Å²) in [6, 6.07) is 0. The maximum Gasteiger partial charge on any atom is 0.164 e. The van der Waals surface area contributed by atoms with Gasteiger partial charge in [0.2, 0.25) is 0 Å². The fraction of sp³-hybridized carbons (Fsp3) is 0. The van der Waals surface area contributed by atoms with E-state index in [1.165, 1.54) is 0 Å². The lowest BCUT2D eigenvalue weighted by Crippen LogP contribution is -2.58. The van der Waals surface area contributed by atoms with Crippen molar-refractivity contribution >= 4 is 492 Å². The summed E-state index contributed by atoms with van der Waals surface area (Å²) >= 11 is 0. The summed E-state index contributed by atoms with van der Waals surface area (Å²) in [5.74, 6) is -1.36. The zero-order chi connectivity index (χ0) is 66.9. The van der Waals surface area contributed by atoms with Crippen LogP contribution in [-0.2, 0) is 0 Å². The van der Waals surface area contributed by atoms with E-state index in [4.69, 9.17) is 286 Å². The van der Waals surface area contributed by atoms with Gasteiger partial charge in [0.05, 0.1) is 0 Å². The average Bonchev–Trinajstić information content (AvgIpc) is 1.32. The van der Waals surface area contributed by atoms with Crippen molar-refractivity contribution < 1.29 is 4.42 Å². The van der Waals surface area contributed by atoms with Gasteiger partial charge in [-0.15, -0.1) is 76.5 Å². The van der Waals surface area contributed by atoms with Crippen molar-refractivity contribution in [3.63, 3.8) is 0 Å². The highest BCUT2D eigenvalue weighted by Crippen LogP contribution is 2.38. The number of nitrogens with zero attached hydrogens (tertiary/aromatic N) is 4. The Bertz CT molecular complexity index is 4570. The summed E-state index contributed by atoms with van der Waals surface area (Å²) in [7, 11) is 228. The number of anilines is 3. The molecule has 0 aliphatic rings. The SMILES string of the molecule is [B]c1c([B])c([B])c(-c2nc(-c3c([B])c([B])c([B])c([B])c3[B])nc(-c3c([B])c(N(c4c([B])c([B])c(-c5c([B])c([B])c([B])c([B])c5[B])c([B])c4[B])c4c([B])c([B])c(-c5c([B])c([B])c([B])c([B])c5[B])c([B])c4[B])c([B])c4oc5c([B])c([B])c([B])c([B])c5c34)n2)c([B])c1[B]. The highest BCUT2D eigenvalue weighted by Gasteiger charge is 2.34. The molecule has 0 unspecified atom stereocenters. The van der Waals surface area contributed by atoms with Crippen LogP contribution in [0, 0.1) is 0 Å². The van der Waals surface area contributed by atoms with Crippen molar-refractivity contribution in [2.24, 2.45) is 0 Å². The third kappa shape index (κ3) is 9.65. The molecule has 0 bridgehead atoms. The summed E-state index contributed by atoms with van der Waals surface area (Å²) in [5.41, 5.74) is -13.7. The molecule has 90 heavy (non-hydrogen) atoms. The van der Waals surface area contributed by atoms with Crippen molar-refractivity contribution in [3.05, 3.63) is 0 Å². The third-order valence-electron chi connectivity index (χ3n) is 16.1. The molecule has 0 saturated heterocycles. The van der Waals surface area contributed by atoms with E-state index in [1.807, 2.05) is 0 Å². The summed E-state index contributed by atoms with van der Waals surface area (Å²) in [4.78, 5) is 15.6. The van der Waals surface area contributed by atoms with Crippen molar-refractivity contribution in [2.45, 2.75) is 0 Å². The van der Waals surface area contributed by atoms with Crippen LogP contribution < -0.4 is 191 Å². The Hall–Kier alpha value is -5.42. The molecule has 10 aromatic rings. The monoisotopic (exact) mass is 1060 g/mol. The minimum absolute atomic E-state index is 0.0904. The molecule has 8 aromatic carbocycles. The maximum absolute atomic E-state index is 7.73. The van der Waals surface area contributed by atoms with Gasteiger partial charge in [-0.05, 0) is 27.7 Å². The van der Waals surface area contributed by atoms with Gasteiger partial charge in [0, 0.05) is 44.5 Å². The molecule has 0 atom stereocenters. The number of furan rings is 1. The van der Waals surface area contributed by atoms with Crippen LogP contribution in [0.15, 0.2) is 4.42 Å². The molecule has 5 nitrogen and oxygen atoms in total. The quantitative estimate of drug-likeness (QED) is 0.142. The number of hydrogen-bond acceptors (Lipinski definition) is 5. The topological polar surface area (TPSA) is 55.1 Å². The van der Waals surface area contributed by atoms with E-state index >= 15 is 0 Å². The lowest BCUT2D eigenvalue weighted by atomic mass is 9.56. The minimum Gasteiger partial charge on any atom is -0.457 e. The van der Waals surface area contributed by atoms with Crippen LogP contribution in [0.3, 0.4) is 0 Å². The van der Waals surface area contributed by atoms with Crippen molar-refractivity contribution in [2.75, 3.05) is 4.90 Å². The van der Waals surface area contributed by atoms with E-state index in [1.54, 1.807) is 0 Å². The zero-order valence-corrected chi connectivity index (χ0v) is 47.3. The first-order valence-electron chi connectivity index (χ1n) is 25.7. The maximum atomic E-state index is 7.73. The zero-order valence-electron chi connectivity index (χ0n) is 47.3. The second-order valence-electron chi connectivity index (χ2n) is 20.9. The fourth-order valence-corrected chi connectivity index (χ4v) is 10.9. The van der Waals surface area contributed by atoms with Crippen LogP contribution in [0.5, 0.6) is 0 Å². The van der Waals surface area contributed by atoms with Gasteiger partial charge >= 0.3 is 0 Å². The van der Waals surface area contributed by atoms with E-state index in [0.29, 0.717) is 0 Å². The molecule has 10 rings (SSSR count). The van der Waals surface area contributed by atoms with E-state index < -0.39 is 89.2 Å². The van der Waals surface area contributed by atoms with Crippen LogP contribution in [0.1, 0.15) is 0 Å². The van der Waals surface area contributed by atoms with E-state index in [0.717, 1.165) is 4.90 Å². The minimum atomic E-state index is -0.533. The Morgan fingerprint density at radius 2 is 0.367 bits per heavy atom. The summed E-state index contributed by atoms with van der Waals surface area (Å²) < 4.78 is 6.65. The van der Waals surface area contributed by atoms with E-state index in [-0.39, 0.29) is 192 Å². The van der Waals surface area contributed by atoms with Crippen molar-refractivity contribution in [1.82, 2.24) is 15.0 Å². The Morgan fingerprint density at radius 3 is 0.656 bits per heavy atom. The van der Waals surface area contributed by atoms with Crippen molar-refractivity contribution in [1.29, 1.82) is 0 Å². The van der Waals surface area contributed by atoms with E-state index in [2.05, 4.69) is 0 Å². The number of aromatic nitrogens is 3. The van der Waals surface area contributed by atoms with Gasteiger partial charge in [0.25, 0.3) is 0 Å². The molecule has 68 radical (unpaired) electrons. The van der Waals surface area contributed by atoms with Gasteiger partial charge in [-0.2, -0.15) is 0 Å². The molecule has 0 N–H and O–H groups in total.